The van der Waals surface area contributed by atoms with E-state index in [-0.39, 0.29) is 6.04 Å². The summed E-state index contributed by atoms with van der Waals surface area (Å²) in [6.45, 7) is 7.27. The van der Waals surface area contributed by atoms with Crippen molar-refractivity contribution in [2.24, 2.45) is 0 Å². The molecule has 146 valence electrons. The predicted molar refractivity (Wildman–Crippen MR) is 105 cm³/mol. The zero-order chi connectivity index (χ0) is 19.1. The minimum absolute atomic E-state index is 0.233. The van der Waals surface area contributed by atoms with Crippen molar-refractivity contribution in [3.63, 3.8) is 0 Å². The van der Waals surface area contributed by atoms with Crippen LogP contribution in [-0.2, 0) is 11.3 Å². The first-order valence-electron chi connectivity index (χ1n) is 10.0. The van der Waals surface area contributed by atoms with Crippen LogP contribution in [0.3, 0.4) is 0 Å². The van der Waals surface area contributed by atoms with Crippen LogP contribution in [0, 0.1) is 0 Å². The van der Waals surface area contributed by atoms with Crippen molar-refractivity contribution in [3.8, 4) is 28.7 Å². The van der Waals surface area contributed by atoms with Crippen LogP contribution in [0.4, 0.5) is 0 Å². The minimum atomic E-state index is 0.233. The minimum Gasteiger partial charge on any atom is -0.491 e. The van der Waals surface area contributed by atoms with E-state index < -0.39 is 0 Å². The summed E-state index contributed by atoms with van der Waals surface area (Å²) in [4.78, 5) is 9.36. The van der Waals surface area contributed by atoms with E-state index in [2.05, 4.69) is 52.9 Å². The molecule has 4 heterocycles. The number of fused-ring (bicyclic) bond motifs is 3. The molecule has 2 aliphatic heterocycles. The van der Waals surface area contributed by atoms with Gasteiger partial charge in [0.1, 0.15) is 30.2 Å². The molecule has 0 amide bonds. The van der Waals surface area contributed by atoms with Crippen molar-refractivity contribution in [2.75, 3.05) is 19.8 Å². The van der Waals surface area contributed by atoms with Crippen LogP contribution >= 0.6 is 0 Å². The van der Waals surface area contributed by atoms with Gasteiger partial charge in [0.05, 0.1) is 12.1 Å². The maximum absolute atomic E-state index is 6.09. The van der Waals surface area contributed by atoms with E-state index in [1.165, 1.54) is 5.56 Å². The van der Waals surface area contributed by atoms with Crippen LogP contribution in [0.5, 0.6) is 5.75 Å². The summed E-state index contributed by atoms with van der Waals surface area (Å²) in [7, 11) is 0. The topological polar surface area (TPSA) is 67.0 Å². The SMILES string of the molecule is CC(C)n1ncnc1-c1cn2c(n1)-c1ccc(C3CCOCC3)cc1OCC2. The molecule has 0 radical (unpaired) electrons. The average Bonchev–Trinajstić information content (AvgIpc) is 3.33. The fraction of sp³-hybridized carbons (Fsp3) is 0.476. The summed E-state index contributed by atoms with van der Waals surface area (Å²) in [5, 5.41) is 4.35. The van der Waals surface area contributed by atoms with Gasteiger partial charge in [0.2, 0.25) is 0 Å². The van der Waals surface area contributed by atoms with Gasteiger partial charge in [-0.05, 0) is 50.3 Å². The normalized spacial score (nSPS) is 17.1. The summed E-state index contributed by atoms with van der Waals surface area (Å²) in [6, 6.07) is 6.81. The zero-order valence-corrected chi connectivity index (χ0v) is 16.3. The number of hydrogen-bond donors (Lipinski definition) is 0. The molecule has 2 aromatic heterocycles. The smallest absolute Gasteiger partial charge is 0.178 e. The Morgan fingerprint density at radius 2 is 1.96 bits per heavy atom. The molecule has 0 bridgehead atoms. The zero-order valence-electron chi connectivity index (χ0n) is 16.3. The summed E-state index contributed by atoms with van der Waals surface area (Å²) in [6.07, 6.45) is 5.80. The molecule has 0 atom stereocenters. The second-order valence-electron chi connectivity index (χ2n) is 7.76. The third-order valence-corrected chi connectivity index (χ3v) is 5.60. The lowest BCUT2D eigenvalue weighted by atomic mass is 9.91. The lowest BCUT2D eigenvalue weighted by molar-refractivity contribution is 0.0853. The van der Waals surface area contributed by atoms with E-state index in [1.807, 2.05) is 4.68 Å². The molecule has 0 aliphatic carbocycles. The van der Waals surface area contributed by atoms with Gasteiger partial charge in [-0.1, -0.05) is 6.07 Å². The van der Waals surface area contributed by atoms with Crippen molar-refractivity contribution in [3.05, 3.63) is 36.3 Å². The number of nitrogens with zero attached hydrogens (tertiary/aromatic N) is 5. The van der Waals surface area contributed by atoms with Gasteiger partial charge in [0.25, 0.3) is 0 Å². The lowest BCUT2D eigenvalue weighted by Gasteiger charge is -2.23. The van der Waals surface area contributed by atoms with Crippen LogP contribution in [0.1, 0.15) is 44.2 Å². The van der Waals surface area contributed by atoms with Crippen LogP contribution in [-0.4, -0.2) is 44.1 Å². The second kappa shape index (κ2) is 7.05. The number of ether oxygens (including phenoxy) is 2. The maximum atomic E-state index is 6.09. The Balaban J connectivity index is 1.54. The predicted octanol–water partition coefficient (Wildman–Crippen LogP) is 3.68. The highest BCUT2D eigenvalue weighted by molar-refractivity contribution is 5.69. The van der Waals surface area contributed by atoms with Gasteiger partial charge in [-0.2, -0.15) is 5.10 Å². The van der Waals surface area contributed by atoms with Crippen molar-refractivity contribution in [2.45, 2.75) is 45.2 Å². The molecular formula is C21H25N5O2. The van der Waals surface area contributed by atoms with Crippen molar-refractivity contribution >= 4 is 0 Å². The van der Waals surface area contributed by atoms with Gasteiger partial charge < -0.3 is 14.0 Å². The molecule has 7 nitrogen and oxygen atoms in total. The summed E-state index contributed by atoms with van der Waals surface area (Å²) < 4.78 is 15.7. The summed E-state index contributed by atoms with van der Waals surface area (Å²) in [5.41, 5.74) is 3.22. The van der Waals surface area contributed by atoms with Crippen LogP contribution in [0.2, 0.25) is 0 Å². The molecule has 0 N–H and O–H groups in total. The standard InChI is InChI=1S/C21H25N5O2/c1-14(2)26-21(22-13-23-26)18-12-25-7-10-28-19-11-16(15-5-8-27-9-6-15)3-4-17(19)20(25)24-18/h3-4,11-15H,5-10H2,1-2H3. The molecule has 0 spiro atoms. The lowest BCUT2D eigenvalue weighted by Crippen LogP contribution is -2.14. The maximum Gasteiger partial charge on any atom is 0.178 e. The fourth-order valence-corrected chi connectivity index (χ4v) is 4.10. The van der Waals surface area contributed by atoms with Gasteiger partial charge in [0.15, 0.2) is 5.82 Å². The third kappa shape index (κ3) is 2.99. The Hall–Kier alpha value is -2.67. The highest BCUT2D eigenvalue weighted by Crippen LogP contribution is 2.37. The second-order valence-corrected chi connectivity index (χ2v) is 7.76. The Morgan fingerprint density at radius 1 is 1.11 bits per heavy atom. The van der Waals surface area contributed by atoms with Crippen LogP contribution in [0.25, 0.3) is 22.9 Å². The molecule has 28 heavy (non-hydrogen) atoms. The quantitative estimate of drug-likeness (QED) is 0.694. The number of aromatic nitrogens is 5. The molecule has 1 aromatic carbocycles. The Labute approximate surface area is 164 Å². The van der Waals surface area contributed by atoms with E-state index >= 15 is 0 Å². The summed E-state index contributed by atoms with van der Waals surface area (Å²) in [5.74, 6) is 3.20. The van der Waals surface area contributed by atoms with Gasteiger partial charge in [0, 0.05) is 25.5 Å². The van der Waals surface area contributed by atoms with Crippen LogP contribution < -0.4 is 4.74 Å². The van der Waals surface area contributed by atoms with Crippen molar-refractivity contribution < 1.29 is 9.47 Å². The van der Waals surface area contributed by atoms with Crippen LogP contribution in [0.15, 0.2) is 30.7 Å². The Morgan fingerprint density at radius 3 is 2.79 bits per heavy atom. The molecule has 0 unspecified atom stereocenters. The Kier molecular flexibility index (Phi) is 4.39. The van der Waals surface area contributed by atoms with E-state index in [0.717, 1.165) is 61.3 Å². The van der Waals surface area contributed by atoms with Crippen molar-refractivity contribution in [1.82, 2.24) is 24.3 Å². The van der Waals surface area contributed by atoms with E-state index in [4.69, 9.17) is 14.5 Å². The molecular weight excluding hydrogens is 354 g/mol. The molecule has 5 rings (SSSR count). The van der Waals surface area contributed by atoms with Gasteiger partial charge in [-0.25, -0.2) is 14.6 Å². The number of benzene rings is 1. The van der Waals surface area contributed by atoms with E-state index in [9.17, 15) is 0 Å². The summed E-state index contributed by atoms with van der Waals surface area (Å²) >= 11 is 0. The molecule has 1 saturated heterocycles. The first-order valence-corrected chi connectivity index (χ1v) is 10.0. The monoisotopic (exact) mass is 379 g/mol. The molecule has 7 heteroatoms. The van der Waals surface area contributed by atoms with Crippen molar-refractivity contribution in [1.29, 1.82) is 0 Å². The highest BCUT2D eigenvalue weighted by atomic mass is 16.5. The highest BCUT2D eigenvalue weighted by Gasteiger charge is 2.23. The number of imidazole rings is 1. The Bertz CT molecular complexity index is 985. The molecule has 0 saturated carbocycles. The number of hydrogen-bond acceptors (Lipinski definition) is 5. The first-order chi connectivity index (χ1) is 13.7. The first kappa shape index (κ1) is 17.4. The molecule has 1 fully saturated rings. The van der Waals surface area contributed by atoms with Gasteiger partial charge in [-0.15, -0.1) is 0 Å². The largest absolute Gasteiger partial charge is 0.491 e. The molecule has 2 aliphatic rings. The fourth-order valence-electron chi connectivity index (χ4n) is 4.10. The van der Waals surface area contributed by atoms with Gasteiger partial charge >= 0.3 is 0 Å². The molecule has 3 aromatic rings. The third-order valence-electron chi connectivity index (χ3n) is 5.60. The average molecular weight is 379 g/mol. The number of rotatable bonds is 3. The van der Waals surface area contributed by atoms with Gasteiger partial charge in [-0.3, -0.25) is 0 Å². The van der Waals surface area contributed by atoms with E-state index in [1.54, 1.807) is 6.33 Å². The van der Waals surface area contributed by atoms with E-state index in [0.29, 0.717) is 12.5 Å².